The van der Waals surface area contributed by atoms with E-state index in [1.54, 1.807) is 0 Å². The molecule has 3 aliphatic rings. The van der Waals surface area contributed by atoms with Gasteiger partial charge in [-0.1, -0.05) is 12.1 Å². The van der Waals surface area contributed by atoms with E-state index in [2.05, 4.69) is 17.9 Å². The number of fused-ring (bicyclic) bond motifs is 1. The molecule has 2 fully saturated rings. The molecule has 1 N–H and O–H groups in total. The summed E-state index contributed by atoms with van der Waals surface area (Å²) in [4.78, 5) is 16.8. The molecule has 2 aliphatic heterocycles. The van der Waals surface area contributed by atoms with Crippen LogP contribution in [0.2, 0.25) is 0 Å². The van der Waals surface area contributed by atoms with Gasteiger partial charge in [0.1, 0.15) is 0 Å². The maximum Gasteiger partial charge on any atom is 0.230 e. The molecule has 1 amide bonds. The molecule has 1 saturated carbocycles. The van der Waals surface area contributed by atoms with Gasteiger partial charge in [-0.05, 0) is 69.3 Å². The summed E-state index contributed by atoms with van der Waals surface area (Å²) in [6.07, 6.45) is 5.05. The first kappa shape index (κ1) is 15.2. The van der Waals surface area contributed by atoms with Crippen LogP contribution in [0.3, 0.4) is 0 Å². The quantitative estimate of drug-likeness (QED) is 0.928. The molecule has 4 nitrogen and oxygen atoms in total. The second kappa shape index (κ2) is 5.91. The molecule has 4 heteroatoms. The van der Waals surface area contributed by atoms with Crippen LogP contribution in [-0.4, -0.2) is 41.6 Å². The summed E-state index contributed by atoms with van der Waals surface area (Å²) in [6.45, 7) is 5.05. The second-order valence-corrected chi connectivity index (χ2v) is 7.45. The largest absolute Gasteiger partial charge is 0.387 e. The first-order valence-electron chi connectivity index (χ1n) is 9.00. The molecule has 0 spiro atoms. The van der Waals surface area contributed by atoms with E-state index < -0.39 is 6.10 Å². The zero-order valence-corrected chi connectivity index (χ0v) is 13.9. The van der Waals surface area contributed by atoms with Gasteiger partial charge in [0.15, 0.2) is 0 Å². The monoisotopic (exact) mass is 314 g/mol. The molecule has 124 valence electrons. The maximum atomic E-state index is 12.5. The number of rotatable bonds is 4. The highest BCUT2D eigenvalue weighted by molar-refractivity contribution is 5.98. The number of aliphatic hydroxyl groups excluding tert-OH is 1. The second-order valence-electron chi connectivity index (χ2n) is 7.45. The average molecular weight is 314 g/mol. The van der Waals surface area contributed by atoms with Gasteiger partial charge in [0, 0.05) is 24.2 Å². The molecule has 0 bridgehead atoms. The number of hydrogen-bond donors (Lipinski definition) is 1. The number of hydrogen-bond acceptors (Lipinski definition) is 3. The number of amides is 1. The van der Waals surface area contributed by atoms with E-state index >= 15 is 0 Å². The minimum atomic E-state index is -0.429. The third-order valence-electron chi connectivity index (χ3n) is 5.50. The summed E-state index contributed by atoms with van der Waals surface area (Å²) < 4.78 is 0. The number of aliphatic hydroxyl groups is 1. The smallest absolute Gasteiger partial charge is 0.230 e. The topological polar surface area (TPSA) is 43.8 Å². The zero-order valence-electron chi connectivity index (χ0n) is 13.9. The highest BCUT2D eigenvalue weighted by Crippen LogP contribution is 2.39. The first-order chi connectivity index (χ1) is 11.1. The van der Waals surface area contributed by atoms with E-state index in [1.165, 1.54) is 18.4 Å². The fourth-order valence-corrected chi connectivity index (χ4v) is 4.04. The molecule has 1 aromatic rings. The van der Waals surface area contributed by atoms with Crippen molar-refractivity contribution in [2.75, 3.05) is 24.5 Å². The SMILES string of the molecule is C[C@H]1Cc2cc([C@H](O)CN3CCCC3)ccc2N1C(=O)C1CC1. The first-order valence-corrected chi connectivity index (χ1v) is 9.00. The van der Waals surface area contributed by atoms with E-state index in [0.29, 0.717) is 5.91 Å². The predicted molar refractivity (Wildman–Crippen MR) is 90.5 cm³/mol. The summed E-state index contributed by atoms with van der Waals surface area (Å²) >= 11 is 0. The molecular weight excluding hydrogens is 288 g/mol. The Hall–Kier alpha value is -1.39. The van der Waals surface area contributed by atoms with E-state index in [1.807, 2.05) is 17.0 Å². The lowest BCUT2D eigenvalue weighted by atomic mass is 10.0. The van der Waals surface area contributed by atoms with E-state index in [4.69, 9.17) is 0 Å². The van der Waals surface area contributed by atoms with E-state index in [9.17, 15) is 9.90 Å². The fraction of sp³-hybridized carbons (Fsp3) is 0.632. The molecule has 2 atom stereocenters. The van der Waals surface area contributed by atoms with Crippen LogP contribution < -0.4 is 4.90 Å². The van der Waals surface area contributed by atoms with Gasteiger partial charge in [-0.3, -0.25) is 4.79 Å². The van der Waals surface area contributed by atoms with Gasteiger partial charge in [0.2, 0.25) is 5.91 Å². The molecule has 2 heterocycles. The minimum Gasteiger partial charge on any atom is -0.387 e. The number of anilines is 1. The van der Waals surface area contributed by atoms with Crippen molar-refractivity contribution < 1.29 is 9.90 Å². The maximum absolute atomic E-state index is 12.5. The lowest BCUT2D eigenvalue weighted by Crippen LogP contribution is -2.36. The van der Waals surface area contributed by atoms with Crippen LogP contribution in [0.15, 0.2) is 18.2 Å². The van der Waals surface area contributed by atoms with Crippen molar-refractivity contribution in [3.63, 3.8) is 0 Å². The minimum absolute atomic E-state index is 0.240. The molecule has 1 aromatic carbocycles. The molecule has 0 unspecified atom stereocenters. The Morgan fingerprint density at radius 1 is 1.30 bits per heavy atom. The van der Waals surface area contributed by atoms with Gasteiger partial charge >= 0.3 is 0 Å². The van der Waals surface area contributed by atoms with Crippen LogP contribution in [0.4, 0.5) is 5.69 Å². The van der Waals surface area contributed by atoms with Gasteiger partial charge in [-0.25, -0.2) is 0 Å². The van der Waals surface area contributed by atoms with Crippen molar-refractivity contribution in [3.8, 4) is 0 Å². The standard InChI is InChI=1S/C19H26N2O2/c1-13-10-16-11-15(18(22)12-20-8-2-3-9-20)6-7-17(16)21(13)19(23)14-4-5-14/h6-7,11,13-14,18,22H,2-5,8-10,12H2,1H3/t13-,18+/m0/s1. The van der Waals surface area contributed by atoms with Crippen LogP contribution in [-0.2, 0) is 11.2 Å². The Morgan fingerprint density at radius 2 is 2.04 bits per heavy atom. The van der Waals surface area contributed by atoms with Crippen molar-refractivity contribution in [2.45, 2.75) is 51.2 Å². The Bertz CT molecular complexity index is 605. The molecule has 0 radical (unpaired) electrons. The summed E-state index contributed by atoms with van der Waals surface area (Å²) in [6, 6.07) is 6.41. The predicted octanol–water partition coefficient (Wildman–Crippen LogP) is 2.50. The lowest BCUT2D eigenvalue weighted by molar-refractivity contribution is -0.120. The third-order valence-corrected chi connectivity index (χ3v) is 5.50. The average Bonchev–Trinajstić information content (AvgIpc) is 3.17. The van der Waals surface area contributed by atoms with Gasteiger partial charge in [-0.2, -0.15) is 0 Å². The van der Waals surface area contributed by atoms with Crippen LogP contribution in [0.25, 0.3) is 0 Å². The Labute approximate surface area is 138 Å². The summed E-state index contributed by atoms with van der Waals surface area (Å²) in [5.74, 6) is 0.547. The normalized spacial score (nSPS) is 25.7. The molecule has 0 aromatic heterocycles. The summed E-state index contributed by atoms with van der Waals surface area (Å²) in [7, 11) is 0. The highest BCUT2D eigenvalue weighted by atomic mass is 16.3. The number of β-amino-alcohol motifs (C(OH)–C–C–N with tert-alkyl or cyclic N) is 1. The van der Waals surface area contributed by atoms with Gasteiger partial charge in [-0.15, -0.1) is 0 Å². The van der Waals surface area contributed by atoms with Gasteiger partial charge in [0.05, 0.1) is 6.10 Å². The fourth-order valence-electron chi connectivity index (χ4n) is 4.04. The molecule has 1 aliphatic carbocycles. The summed E-state index contributed by atoms with van der Waals surface area (Å²) in [5, 5.41) is 10.5. The van der Waals surface area contributed by atoms with Crippen molar-refractivity contribution in [1.29, 1.82) is 0 Å². The van der Waals surface area contributed by atoms with Crippen molar-refractivity contribution >= 4 is 11.6 Å². The van der Waals surface area contributed by atoms with Gasteiger partial charge in [0.25, 0.3) is 0 Å². The number of carbonyl (C=O) groups excluding carboxylic acids is 1. The number of nitrogens with zero attached hydrogens (tertiary/aromatic N) is 2. The molecule has 1 saturated heterocycles. The Morgan fingerprint density at radius 3 is 2.74 bits per heavy atom. The zero-order chi connectivity index (χ0) is 16.0. The third kappa shape index (κ3) is 2.90. The Balaban J connectivity index is 1.52. The summed E-state index contributed by atoms with van der Waals surface area (Å²) in [5.41, 5.74) is 3.26. The lowest BCUT2D eigenvalue weighted by Gasteiger charge is -2.23. The number of benzene rings is 1. The molecular formula is C19H26N2O2. The molecule has 23 heavy (non-hydrogen) atoms. The van der Waals surface area contributed by atoms with Crippen molar-refractivity contribution in [3.05, 3.63) is 29.3 Å². The van der Waals surface area contributed by atoms with Crippen LogP contribution >= 0.6 is 0 Å². The van der Waals surface area contributed by atoms with Gasteiger partial charge < -0.3 is 14.9 Å². The van der Waals surface area contributed by atoms with Crippen LogP contribution in [0, 0.1) is 5.92 Å². The van der Waals surface area contributed by atoms with E-state index in [-0.39, 0.29) is 12.0 Å². The van der Waals surface area contributed by atoms with Crippen molar-refractivity contribution in [1.82, 2.24) is 4.90 Å². The number of carbonyl (C=O) groups is 1. The van der Waals surface area contributed by atoms with Crippen LogP contribution in [0.5, 0.6) is 0 Å². The number of likely N-dealkylation sites (tertiary alicyclic amines) is 1. The highest BCUT2D eigenvalue weighted by Gasteiger charge is 2.39. The van der Waals surface area contributed by atoms with Crippen LogP contribution in [0.1, 0.15) is 49.8 Å². The Kier molecular flexibility index (Phi) is 3.90. The van der Waals surface area contributed by atoms with Crippen molar-refractivity contribution in [2.24, 2.45) is 5.92 Å². The molecule has 4 rings (SSSR count). The van der Waals surface area contributed by atoms with E-state index in [0.717, 1.165) is 50.1 Å².